The van der Waals surface area contributed by atoms with E-state index in [-0.39, 0.29) is 39.5 Å². The highest BCUT2D eigenvalue weighted by Crippen LogP contribution is 2.69. The number of amides is 2. The van der Waals surface area contributed by atoms with Crippen molar-refractivity contribution in [1.29, 1.82) is 0 Å². The van der Waals surface area contributed by atoms with E-state index in [1.54, 1.807) is 31.0 Å². The van der Waals surface area contributed by atoms with E-state index in [1.165, 1.54) is 12.1 Å². The second-order valence-corrected chi connectivity index (χ2v) is 15.0. The molecule has 7 atom stereocenters. The molecule has 3 fully saturated rings. The Labute approximate surface area is 280 Å². The average molecular weight is 699 g/mol. The molecule has 2 aliphatic heterocycles. The summed E-state index contributed by atoms with van der Waals surface area (Å²) in [5, 5.41) is 1.31. The lowest BCUT2D eigenvalue weighted by atomic mass is 9.68. The number of methoxy groups -OCH3 is 1. The highest BCUT2D eigenvalue weighted by atomic mass is 35.5. The van der Waals surface area contributed by atoms with Gasteiger partial charge in [0.2, 0.25) is 11.8 Å². The molecular formula is C34H26ClF3N2O5S2. The maximum absolute atomic E-state index is 14.0. The molecule has 242 valence electrons. The number of alkyl halides is 3. The molecule has 1 saturated heterocycles. The van der Waals surface area contributed by atoms with E-state index in [4.69, 9.17) is 21.1 Å². The highest BCUT2D eigenvalue weighted by Gasteiger charge is 2.69. The lowest BCUT2D eigenvalue weighted by Crippen LogP contribution is -2.42. The molecule has 0 spiro atoms. The van der Waals surface area contributed by atoms with Crippen LogP contribution in [0.4, 0.5) is 18.9 Å². The smallest absolute Gasteiger partial charge is 0.416 e. The fraction of sp³-hybridized carbons (Fsp3) is 0.324. The molecule has 3 heterocycles. The number of rotatable bonds is 6. The summed E-state index contributed by atoms with van der Waals surface area (Å²) in [4.78, 5) is 45.1. The van der Waals surface area contributed by atoms with E-state index in [0.29, 0.717) is 29.5 Å². The Bertz CT molecular complexity index is 1980. The number of nitrogens with zero attached hydrogens (tertiary/aromatic N) is 1. The van der Waals surface area contributed by atoms with E-state index in [2.05, 4.69) is 4.98 Å². The number of carbonyl (C=O) groups excluding carboxylic acids is 2. The summed E-state index contributed by atoms with van der Waals surface area (Å²) in [7, 11) is 1.56. The van der Waals surface area contributed by atoms with E-state index in [1.807, 2.05) is 30.3 Å². The molecule has 2 amide bonds. The van der Waals surface area contributed by atoms with Gasteiger partial charge >= 0.3 is 11.0 Å². The summed E-state index contributed by atoms with van der Waals surface area (Å²) in [6.07, 6.45) is -3.96. The van der Waals surface area contributed by atoms with Gasteiger partial charge in [0, 0.05) is 21.1 Å². The zero-order valence-corrected chi connectivity index (χ0v) is 27.0. The van der Waals surface area contributed by atoms with Gasteiger partial charge in [-0.15, -0.1) is 11.8 Å². The first kappa shape index (κ1) is 30.6. The Balaban J connectivity index is 1.14. The molecule has 4 aliphatic rings. The van der Waals surface area contributed by atoms with Crippen molar-refractivity contribution in [3.8, 4) is 11.5 Å². The lowest BCUT2D eigenvalue weighted by Gasteiger charge is -2.43. The number of aromatic nitrogens is 1. The van der Waals surface area contributed by atoms with Crippen LogP contribution in [0.25, 0.3) is 0 Å². The first-order valence-corrected chi connectivity index (χ1v) is 17.1. The van der Waals surface area contributed by atoms with Crippen molar-refractivity contribution in [3.63, 3.8) is 0 Å². The summed E-state index contributed by atoms with van der Waals surface area (Å²) in [6, 6.07) is 17.4. The number of carbonyl (C=O) groups is 2. The normalized spacial score (nSPS) is 27.5. The number of hydrogen-bond acceptors (Lipinski definition) is 7. The molecule has 2 bridgehead atoms. The van der Waals surface area contributed by atoms with Gasteiger partial charge in [-0.3, -0.25) is 19.3 Å². The third-order valence-corrected chi connectivity index (χ3v) is 12.9. The quantitative estimate of drug-likeness (QED) is 0.212. The van der Waals surface area contributed by atoms with E-state index in [9.17, 15) is 27.6 Å². The Morgan fingerprint density at radius 1 is 0.957 bits per heavy atom. The SMILES string of the molecule is COc1cc([C@@H]2c3sc(=O)[nH]c3S[C@@H]3[C@@H]4C[C@@H]([C@@H]5C(=O)N(c6cccc(C(F)(F)F)c6)C(=O)[C@@H]45)[C@@H]23)ccc1OCc1ccc(Cl)cc1. The van der Waals surface area contributed by atoms with Gasteiger partial charge in [0.1, 0.15) is 6.61 Å². The summed E-state index contributed by atoms with van der Waals surface area (Å²) in [6.45, 7) is 0.298. The van der Waals surface area contributed by atoms with Crippen LogP contribution in [-0.4, -0.2) is 29.2 Å². The summed E-state index contributed by atoms with van der Waals surface area (Å²) >= 11 is 8.69. The number of H-pyrrole nitrogens is 1. The molecule has 0 radical (unpaired) electrons. The van der Waals surface area contributed by atoms with Crippen molar-refractivity contribution in [1.82, 2.24) is 4.98 Å². The first-order chi connectivity index (χ1) is 22.5. The molecule has 7 nitrogen and oxygen atoms in total. The third-order valence-electron chi connectivity index (χ3n) is 10.0. The second kappa shape index (κ2) is 11.2. The predicted octanol–water partition coefficient (Wildman–Crippen LogP) is 7.37. The largest absolute Gasteiger partial charge is 0.493 e. The monoisotopic (exact) mass is 698 g/mol. The maximum atomic E-state index is 14.0. The van der Waals surface area contributed by atoms with Crippen molar-refractivity contribution in [2.75, 3.05) is 12.0 Å². The lowest BCUT2D eigenvalue weighted by molar-refractivity contribution is -0.137. The molecule has 3 aromatic carbocycles. The van der Waals surface area contributed by atoms with Crippen molar-refractivity contribution < 1.29 is 32.2 Å². The van der Waals surface area contributed by atoms with Gasteiger partial charge < -0.3 is 14.5 Å². The van der Waals surface area contributed by atoms with Crippen LogP contribution in [0.1, 0.15) is 33.9 Å². The maximum Gasteiger partial charge on any atom is 0.416 e. The number of hydrogen-bond donors (Lipinski definition) is 1. The van der Waals surface area contributed by atoms with Crippen LogP contribution in [0.15, 0.2) is 76.6 Å². The number of anilines is 1. The van der Waals surface area contributed by atoms with E-state index < -0.39 is 35.4 Å². The number of fused-ring (bicyclic) bond motifs is 9. The Morgan fingerprint density at radius 3 is 2.43 bits per heavy atom. The van der Waals surface area contributed by atoms with Gasteiger partial charge in [-0.05, 0) is 77.8 Å². The van der Waals surface area contributed by atoms with Gasteiger partial charge in [0.15, 0.2) is 11.5 Å². The van der Waals surface area contributed by atoms with Crippen LogP contribution in [0.2, 0.25) is 5.02 Å². The van der Waals surface area contributed by atoms with Crippen LogP contribution in [0.5, 0.6) is 11.5 Å². The second-order valence-electron chi connectivity index (χ2n) is 12.3. The van der Waals surface area contributed by atoms with Gasteiger partial charge in [0.05, 0.1) is 35.2 Å². The minimum atomic E-state index is -4.61. The summed E-state index contributed by atoms with van der Waals surface area (Å²) in [5.41, 5.74) is 0.852. The van der Waals surface area contributed by atoms with Crippen LogP contribution in [0, 0.1) is 29.6 Å². The first-order valence-electron chi connectivity index (χ1n) is 15.0. The standard InChI is InChI=1S/C34H26ClF3N2O5S2/c1-44-23-11-16(7-10-22(23)45-14-15-5-8-18(35)9-6-15)24-25-20-13-21(28(25)46-30-29(24)47-33(43)39-30)27-26(20)31(41)40(32(27)42)19-4-2-3-17(12-19)34(36,37)38/h2-12,20-21,24-28H,13-14H2,1H3,(H,39,43)/t20-,21-,24+,25+,26+,27+,28-/m1/s1. The minimum absolute atomic E-state index is 0.0573. The Kier molecular flexibility index (Phi) is 7.27. The zero-order chi connectivity index (χ0) is 32.8. The minimum Gasteiger partial charge on any atom is -0.493 e. The van der Waals surface area contributed by atoms with Crippen molar-refractivity contribution in [3.05, 3.63) is 103 Å². The number of benzene rings is 3. The summed E-state index contributed by atoms with van der Waals surface area (Å²) in [5.74, 6) is -1.84. The van der Waals surface area contributed by atoms with Crippen molar-refractivity contribution >= 4 is 52.2 Å². The van der Waals surface area contributed by atoms with Gasteiger partial charge in [0.25, 0.3) is 0 Å². The molecule has 0 unspecified atom stereocenters. The predicted molar refractivity (Wildman–Crippen MR) is 171 cm³/mol. The molecule has 13 heteroatoms. The topological polar surface area (TPSA) is 88.7 Å². The van der Waals surface area contributed by atoms with Crippen LogP contribution in [-0.2, 0) is 22.4 Å². The number of ether oxygens (including phenoxy) is 2. The van der Waals surface area contributed by atoms with Crippen LogP contribution >= 0.6 is 34.7 Å². The number of thioether (sulfide) groups is 1. The van der Waals surface area contributed by atoms with Gasteiger partial charge in [-0.2, -0.15) is 13.2 Å². The molecule has 2 aliphatic carbocycles. The van der Waals surface area contributed by atoms with E-state index >= 15 is 0 Å². The fourth-order valence-corrected chi connectivity index (χ4v) is 11.2. The Morgan fingerprint density at radius 2 is 1.70 bits per heavy atom. The number of imide groups is 1. The number of thiazole rings is 1. The van der Waals surface area contributed by atoms with Crippen LogP contribution in [0.3, 0.4) is 0 Å². The molecule has 47 heavy (non-hydrogen) atoms. The molecular weight excluding hydrogens is 673 g/mol. The number of halogens is 4. The average Bonchev–Trinajstić information content (AvgIpc) is 3.79. The van der Waals surface area contributed by atoms with Gasteiger partial charge in [-0.25, -0.2) is 0 Å². The van der Waals surface area contributed by atoms with Crippen molar-refractivity contribution in [2.24, 2.45) is 29.6 Å². The fourth-order valence-electron chi connectivity index (χ4n) is 8.20. The molecule has 2 saturated carbocycles. The molecule has 4 aromatic rings. The zero-order valence-electron chi connectivity index (χ0n) is 24.6. The molecule has 1 aromatic heterocycles. The summed E-state index contributed by atoms with van der Waals surface area (Å²) < 4.78 is 52.4. The van der Waals surface area contributed by atoms with Crippen LogP contribution < -0.4 is 19.2 Å². The number of aromatic amines is 1. The number of nitrogens with one attached hydrogen (secondary N) is 1. The van der Waals surface area contributed by atoms with Crippen molar-refractivity contribution in [2.45, 2.75) is 35.4 Å². The molecule has 8 rings (SSSR count). The molecule has 1 N–H and O–H groups in total. The van der Waals surface area contributed by atoms with Gasteiger partial charge in [-0.1, -0.05) is 47.2 Å². The third kappa shape index (κ3) is 4.90. The van der Waals surface area contributed by atoms with E-state index in [0.717, 1.165) is 49.4 Å². The highest BCUT2D eigenvalue weighted by molar-refractivity contribution is 8.00. The Hall–Kier alpha value is -3.74.